The number of barbiturate groups is 1. The number of imide groups is 2. The number of nitrogens with one attached hydrogen (secondary N) is 2. The van der Waals surface area contributed by atoms with E-state index in [1.54, 1.807) is 29.2 Å². The summed E-state index contributed by atoms with van der Waals surface area (Å²) >= 11 is 2.21. The number of halogens is 1. The van der Waals surface area contributed by atoms with Gasteiger partial charge in [-0.2, -0.15) is 0 Å². The zero-order valence-electron chi connectivity index (χ0n) is 17.2. The van der Waals surface area contributed by atoms with E-state index < -0.39 is 23.4 Å². The van der Waals surface area contributed by atoms with E-state index in [4.69, 9.17) is 4.74 Å². The maximum absolute atomic E-state index is 13.1. The summed E-state index contributed by atoms with van der Waals surface area (Å²) in [5, 5.41) is 13.7. The summed E-state index contributed by atoms with van der Waals surface area (Å²) in [4.78, 5) is 41.9. The van der Waals surface area contributed by atoms with Crippen molar-refractivity contribution in [3.63, 3.8) is 0 Å². The van der Waals surface area contributed by atoms with Crippen LogP contribution in [0.5, 0.6) is 11.5 Å². The minimum absolute atomic E-state index is 0.0443. The summed E-state index contributed by atoms with van der Waals surface area (Å²) in [5.41, 5.74) is -1.22. The average molecular weight is 548 g/mol. The number of aliphatic hydroxyl groups excluding tert-OH is 1. The SMILES string of the molecule is O=C1NC(=O)C(c2ccc(Oc3ccc([125I])cc3)cc2)(N2CCN(CCO)CC2)C(=O)N1. The third-order valence-corrected chi connectivity index (χ3v) is 6.41. The summed E-state index contributed by atoms with van der Waals surface area (Å²) in [6.07, 6.45) is 0. The minimum Gasteiger partial charge on any atom is -0.457 e. The molecule has 0 unspecified atom stereocenters. The number of nitrogens with zero attached hydrogens (tertiary/aromatic N) is 2. The highest BCUT2D eigenvalue weighted by Gasteiger charge is 2.56. The fourth-order valence-electron chi connectivity index (χ4n) is 4.10. The van der Waals surface area contributed by atoms with Gasteiger partial charge in [-0.15, -0.1) is 0 Å². The molecule has 0 aromatic heterocycles. The lowest BCUT2D eigenvalue weighted by Crippen LogP contribution is -2.72. The first-order valence-electron chi connectivity index (χ1n) is 10.2. The van der Waals surface area contributed by atoms with Crippen LogP contribution < -0.4 is 15.4 Å². The van der Waals surface area contributed by atoms with Gasteiger partial charge in [-0.3, -0.25) is 30.0 Å². The molecule has 2 saturated heterocycles. The van der Waals surface area contributed by atoms with Gasteiger partial charge in [0.15, 0.2) is 0 Å². The Bertz CT molecular complexity index is 984. The molecule has 0 saturated carbocycles. The van der Waals surface area contributed by atoms with Crippen LogP contribution in [-0.4, -0.2) is 72.1 Å². The first kappa shape index (κ1) is 22.6. The number of aliphatic hydroxyl groups is 1. The number of ether oxygens (including phenoxy) is 1. The summed E-state index contributed by atoms with van der Waals surface area (Å²) < 4.78 is 6.96. The lowest BCUT2D eigenvalue weighted by atomic mass is 9.84. The number of hydrogen-bond acceptors (Lipinski definition) is 7. The van der Waals surface area contributed by atoms with E-state index in [1.165, 1.54) is 0 Å². The number of β-amino-alcohol motifs (C(OH)–C–C–N with tert-alkyl or cyclic N) is 1. The summed E-state index contributed by atoms with van der Waals surface area (Å²) in [5.74, 6) is -0.112. The summed E-state index contributed by atoms with van der Waals surface area (Å²) in [7, 11) is 0. The quantitative estimate of drug-likeness (QED) is 0.368. The molecule has 168 valence electrons. The molecular weight excluding hydrogens is 525 g/mol. The van der Waals surface area contributed by atoms with E-state index in [0.29, 0.717) is 49.8 Å². The Kier molecular flexibility index (Phi) is 6.74. The van der Waals surface area contributed by atoms with Gasteiger partial charge in [-0.25, -0.2) is 4.79 Å². The lowest BCUT2D eigenvalue weighted by Gasteiger charge is -2.46. The van der Waals surface area contributed by atoms with E-state index in [1.807, 2.05) is 24.3 Å². The lowest BCUT2D eigenvalue weighted by molar-refractivity contribution is -0.150. The van der Waals surface area contributed by atoms with Crippen molar-refractivity contribution in [1.82, 2.24) is 20.4 Å². The topological polar surface area (TPSA) is 111 Å². The van der Waals surface area contributed by atoms with E-state index >= 15 is 0 Å². The highest BCUT2D eigenvalue weighted by molar-refractivity contribution is 14.1. The zero-order chi connectivity index (χ0) is 22.7. The third kappa shape index (κ3) is 4.35. The number of hydrogen-bond donors (Lipinski definition) is 3. The van der Waals surface area contributed by atoms with Crippen molar-refractivity contribution in [2.45, 2.75) is 5.54 Å². The first-order valence-corrected chi connectivity index (χ1v) is 11.3. The zero-order valence-corrected chi connectivity index (χ0v) is 19.4. The summed E-state index contributed by atoms with van der Waals surface area (Å²) in [6, 6.07) is 13.5. The van der Waals surface area contributed by atoms with Crippen LogP contribution in [0.2, 0.25) is 0 Å². The van der Waals surface area contributed by atoms with Crippen LogP contribution in [0.25, 0.3) is 0 Å². The van der Waals surface area contributed by atoms with Crippen molar-refractivity contribution >= 4 is 40.4 Å². The Morgan fingerprint density at radius 2 is 1.41 bits per heavy atom. The maximum Gasteiger partial charge on any atom is 0.328 e. The van der Waals surface area contributed by atoms with Gasteiger partial charge >= 0.3 is 6.03 Å². The number of benzene rings is 2. The van der Waals surface area contributed by atoms with Crippen LogP contribution in [-0.2, 0) is 15.1 Å². The molecule has 2 aromatic rings. The number of amides is 4. The molecule has 4 rings (SSSR count). The molecule has 2 fully saturated rings. The van der Waals surface area contributed by atoms with E-state index in [0.717, 1.165) is 3.57 Å². The summed E-state index contributed by atoms with van der Waals surface area (Å²) in [6.45, 7) is 2.60. The fourth-order valence-corrected chi connectivity index (χ4v) is 4.46. The van der Waals surface area contributed by atoms with Crippen LogP contribution in [0.4, 0.5) is 4.79 Å². The van der Waals surface area contributed by atoms with Crippen molar-refractivity contribution in [2.75, 3.05) is 39.3 Å². The van der Waals surface area contributed by atoms with E-state index in [2.05, 4.69) is 38.1 Å². The first-order chi connectivity index (χ1) is 15.4. The normalized spacial score (nSPS) is 19.4. The highest BCUT2D eigenvalue weighted by Crippen LogP contribution is 2.34. The van der Waals surface area contributed by atoms with Gasteiger partial charge in [0.2, 0.25) is 5.54 Å². The van der Waals surface area contributed by atoms with Gasteiger partial charge in [0, 0.05) is 36.3 Å². The second-order valence-electron chi connectivity index (χ2n) is 7.58. The molecule has 0 spiro atoms. The van der Waals surface area contributed by atoms with Gasteiger partial charge < -0.3 is 9.84 Å². The monoisotopic (exact) mass is 548 g/mol. The standard InChI is InChI=1S/C22H23IN4O5/c23-16-3-7-18(8-4-16)32-17-5-1-15(2-6-17)22(19(29)24-21(31)25-20(22)30)27-11-9-26(10-12-27)13-14-28/h1-8,28H,9-14H2,(H2,24,25,29,30,31)/i23-2. The number of carbonyl (C=O) groups is 3. The second-order valence-corrected chi connectivity index (χ2v) is 8.83. The van der Waals surface area contributed by atoms with E-state index in [-0.39, 0.29) is 6.61 Å². The number of piperazine rings is 1. The predicted octanol–water partition coefficient (Wildman–Crippen LogP) is 1.25. The Morgan fingerprint density at radius 1 is 0.875 bits per heavy atom. The molecule has 4 amide bonds. The number of urea groups is 1. The van der Waals surface area contributed by atoms with E-state index in [9.17, 15) is 19.5 Å². The molecule has 2 aromatic carbocycles. The van der Waals surface area contributed by atoms with Crippen molar-refractivity contribution in [1.29, 1.82) is 0 Å². The highest BCUT2D eigenvalue weighted by atomic mass is 125. The van der Waals surface area contributed by atoms with Gasteiger partial charge in [0.25, 0.3) is 11.8 Å². The van der Waals surface area contributed by atoms with Crippen LogP contribution in [0.3, 0.4) is 0 Å². The predicted molar refractivity (Wildman–Crippen MR) is 124 cm³/mol. The minimum atomic E-state index is -1.67. The Morgan fingerprint density at radius 3 is 1.94 bits per heavy atom. The third-order valence-electron chi connectivity index (χ3n) is 5.70. The molecule has 10 heteroatoms. The number of carbonyl (C=O) groups excluding carboxylic acids is 3. The smallest absolute Gasteiger partial charge is 0.328 e. The van der Waals surface area contributed by atoms with Crippen molar-refractivity contribution in [3.8, 4) is 11.5 Å². The van der Waals surface area contributed by atoms with Crippen molar-refractivity contribution in [3.05, 3.63) is 57.7 Å². The molecule has 0 radical (unpaired) electrons. The molecular formula is C22H23IN4O5. The molecule has 2 aliphatic rings. The Balaban J connectivity index is 1.63. The van der Waals surface area contributed by atoms with Crippen LogP contribution in [0, 0.1) is 3.57 Å². The maximum atomic E-state index is 13.1. The molecule has 9 nitrogen and oxygen atoms in total. The largest absolute Gasteiger partial charge is 0.457 e. The van der Waals surface area contributed by atoms with Crippen LogP contribution in [0.1, 0.15) is 5.56 Å². The van der Waals surface area contributed by atoms with Gasteiger partial charge in [0.05, 0.1) is 6.61 Å². The average Bonchev–Trinajstić information content (AvgIpc) is 2.77. The van der Waals surface area contributed by atoms with Crippen LogP contribution >= 0.6 is 22.6 Å². The molecule has 0 atom stereocenters. The molecule has 3 N–H and O–H groups in total. The number of rotatable bonds is 6. The second kappa shape index (κ2) is 9.53. The van der Waals surface area contributed by atoms with Crippen molar-refractivity contribution < 1.29 is 24.2 Å². The Hall–Kier alpha value is -2.54. The molecule has 2 aliphatic heterocycles. The van der Waals surface area contributed by atoms with Crippen molar-refractivity contribution in [2.24, 2.45) is 0 Å². The Labute approximate surface area is 198 Å². The molecule has 32 heavy (non-hydrogen) atoms. The van der Waals surface area contributed by atoms with Gasteiger partial charge in [-0.05, 0) is 64.6 Å². The molecule has 0 bridgehead atoms. The van der Waals surface area contributed by atoms with Gasteiger partial charge in [-0.1, -0.05) is 12.1 Å². The molecule has 0 aliphatic carbocycles. The fraction of sp³-hybridized carbons (Fsp3) is 0.318. The van der Waals surface area contributed by atoms with Crippen LogP contribution in [0.15, 0.2) is 48.5 Å². The molecule has 2 heterocycles. The van der Waals surface area contributed by atoms with Gasteiger partial charge in [0.1, 0.15) is 11.5 Å².